The zero-order valence-corrected chi connectivity index (χ0v) is 19.2. The number of hydrogen-bond acceptors (Lipinski definition) is 7. The molecule has 4 rings (SSSR count). The number of fused-ring (bicyclic) bond motifs is 1. The van der Waals surface area contributed by atoms with E-state index < -0.39 is 23.8 Å². The standard InChI is InChI=1S/C27H23FN2O5/c1-3-32-18-8-6-7-17(13-18)25-20-12-11-19(14-24(20)35-26(30)21(25)15-29)34-27(31)16(2)33-23-10-5-4-9-22(23)28/h4-14,16,25H,3,30H2,1-2H3. The number of hydrogen-bond donors (Lipinski definition) is 1. The number of halogens is 1. The summed E-state index contributed by atoms with van der Waals surface area (Å²) in [5.41, 5.74) is 7.82. The van der Waals surface area contributed by atoms with E-state index in [1.807, 2.05) is 31.2 Å². The molecule has 7 nitrogen and oxygen atoms in total. The van der Waals surface area contributed by atoms with Gasteiger partial charge in [-0.15, -0.1) is 0 Å². The van der Waals surface area contributed by atoms with Crippen LogP contribution in [0.25, 0.3) is 0 Å². The fraction of sp³-hybridized carbons (Fsp3) is 0.185. The third-order valence-electron chi connectivity index (χ3n) is 5.38. The molecule has 0 aliphatic carbocycles. The fourth-order valence-corrected chi connectivity index (χ4v) is 3.77. The Kier molecular flexibility index (Phi) is 6.88. The molecule has 0 saturated heterocycles. The van der Waals surface area contributed by atoms with Gasteiger partial charge >= 0.3 is 5.97 Å². The maximum atomic E-state index is 13.8. The molecule has 3 aromatic rings. The summed E-state index contributed by atoms with van der Waals surface area (Å²) in [5, 5.41) is 9.76. The monoisotopic (exact) mass is 474 g/mol. The van der Waals surface area contributed by atoms with Crippen LogP contribution in [-0.2, 0) is 4.79 Å². The van der Waals surface area contributed by atoms with Gasteiger partial charge < -0.3 is 24.7 Å². The molecule has 0 saturated carbocycles. The van der Waals surface area contributed by atoms with Crippen molar-refractivity contribution in [2.45, 2.75) is 25.9 Å². The molecule has 3 aromatic carbocycles. The molecule has 1 heterocycles. The van der Waals surface area contributed by atoms with Crippen molar-refractivity contribution in [2.75, 3.05) is 6.61 Å². The second-order valence-corrected chi connectivity index (χ2v) is 7.74. The Labute approximate surface area is 202 Å². The number of para-hydroxylation sites is 1. The number of nitrogens with two attached hydrogens (primary N) is 1. The maximum absolute atomic E-state index is 13.8. The predicted octanol–water partition coefficient (Wildman–Crippen LogP) is 4.82. The number of carbonyl (C=O) groups excluding carboxylic acids is 1. The fourth-order valence-electron chi connectivity index (χ4n) is 3.77. The second kappa shape index (κ2) is 10.2. The van der Waals surface area contributed by atoms with Gasteiger partial charge in [0.1, 0.15) is 28.9 Å². The van der Waals surface area contributed by atoms with Crippen molar-refractivity contribution in [3.05, 3.63) is 95.1 Å². The van der Waals surface area contributed by atoms with Gasteiger partial charge in [0.05, 0.1) is 12.5 Å². The molecule has 0 spiro atoms. The first-order valence-corrected chi connectivity index (χ1v) is 11.0. The Bertz CT molecular complexity index is 1330. The predicted molar refractivity (Wildman–Crippen MR) is 125 cm³/mol. The van der Waals surface area contributed by atoms with Crippen molar-refractivity contribution in [2.24, 2.45) is 5.73 Å². The van der Waals surface area contributed by atoms with Gasteiger partial charge in [-0.05, 0) is 49.7 Å². The number of carbonyl (C=O) groups is 1. The van der Waals surface area contributed by atoms with Crippen LogP contribution in [0, 0.1) is 17.1 Å². The quantitative estimate of drug-likeness (QED) is 0.387. The van der Waals surface area contributed by atoms with E-state index in [1.54, 1.807) is 18.2 Å². The highest BCUT2D eigenvalue weighted by Crippen LogP contribution is 2.44. The van der Waals surface area contributed by atoms with Gasteiger partial charge in [-0.25, -0.2) is 9.18 Å². The summed E-state index contributed by atoms with van der Waals surface area (Å²) >= 11 is 0. The molecule has 1 aliphatic rings. The van der Waals surface area contributed by atoms with Crippen LogP contribution < -0.4 is 24.7 Å². The van der Waals surface area contributed by atoms with Crippen molar-refractivity contribution in [3.63, 3.8) is 0 Å². The zero-order valence-electron chi connectivity index (χ0n) is 19.2. The zero-order chi connectivity index (χ0) is 24.9. The van der Waals surface area contributed by atoms with Gasteiger partial charge in [-0.1, -0.05) is 30.3 Å². The summed E-state index contributed by atoms with van der Waals surface area (Å²) in [4.78, 5) is 12.5. The molecule has 2 atom stereocenters. The molecular formula is C27H23FN2O5. The van der Waals surface area contributed by atoms with Crippen molar-refractivity contribution in [1.82, 2.24) is 0 Å². The van der Waals surface area contributed by atoms with Crippen molar-refractivity contribution < 1.29 is 28.1 Å². The van der Waals surface area contributed by atoms with E-state index in [2.05, 4.69) is 6.07 Å². The van der Waals surface area contributed by atoms with Crippen LogP contribution in [0.15, 0.2) is 78.2 Å². The molecule has 35 heavy (non-hydrogen) atoms. The molecule has 1 aliphatic heterocycles. The van der Waals surface area contributed by atoms with Crippen molar-refractivity contribution in [3.8, 4) is 29.1 Å². The number of allylic oxidation sites excluding steroid dienone is 1. The molecule has 0 aromatic heterocycles. The Morgan fingerprint density at radius 2 is 1.94 bits per heavy atom. The average Bonchev–Trinajstić information content (AvgIpc) is 2.84. The topological polar surface area (TPSA) is 104 Å². The van der Waals surface area contributed by atoms with Crippen LogP contribution >= 0.6 is 0 Å². The van der Waals surface area contributed by atoms with E-state index in [0.717, 1.165) is 5.56 Å². The number of benzene rings is 3. The number of rotatable bonds is 7. The average molecular weight is 474 g/mol. The molecule has 0 amide bonds. The first-order chi connectivity index (χ1) is 16.9. The molecule has 0 bridgehead atoms. The largest absolute Gasteiger partial charge is 0.494 e. The molecule has 178 valence electrons. The van der Waals surface area contributed by atoms with Crippen LogP contribution in [0.3, 0.4) is 0 Å². The minimum absolute atomic E-state index is 0.0356. The van der Waals surface area contributed by atoms with E-state index in [1.165, 1.54) is 31.2 Å². The number of nitriles is 1. The smallest absolute Gasteiger partial charge is 0.352 e. The lowest BCUT2D eigenvalue weighted by Crippen LogP contribution is -2.29. The summed E-state index contributed by atoms with van der Waals surface area (Å²) in [6.45, 7) is 3.86. The highest BCUT2D eigenvalue weighted by Gasteiger charge is 2.31. The van der Waals surface area contributed by atoms with Crippen LogP contribution in [0.5, 0.6) is 23.0 Å². The minimum atomic E-state index is -1.06. The summed E-state index contributed by atoms with van der Waals surface area (Å²) < 4.78 is 35.9. The maximum Gasteiger partial charge on any atom is 0.352 e. The Balaban J connectivity index is 1.59. The van der Waals surface area contributed by atoms with Gasteiger partial charge in [0.15, 0.2) is 17.7 Å². The molecule has 0 radical (unpaired) electrons. The first-order valence-electron chi connectivity index (χ1n) is 11.0. The molecule has 2 unspecified atom stereocenters. The Hall–Kier alpha value is -4.51. The molecule has 2 N–H and O–H groups in total. The number of ether oxygens (including phenoxy) is 4. The minimum Gasteiger partial charge on any atom is -0.494 e. The van der Waals surface area contributed by atoms with Gasteiger partial charge in [0.2, 0.25) is 5.88 Å². The summed E-state index contributed by atoms with van der Waals surface area (Å²) in [6.07, 6.45) is -1.06. The van der Waals surface area contributed by atoms with Crippen LogP contribution in [0.1, 0.15) is 30.9 Å². The summed E-state index contributed by atoms with van der Waals surface area (Å²) in [6, 6.07) is 20.1. The van der Waals surface area contributed by atoms with Crippen LogP contribution in [0.4, 0.5) is 4.39 Å². The number of nitrogens with zero attached hydrogens (tertiary/aromatic N) is 1. The summed E-state index contributed by atoms with van der Waals surface area (Å²) in [5.74, 6) is -0.665. The lowest BCUT2D eigenvalue weighted by atomic mass is 9.83. The third-order valence-corrected chi connectivity index (χ3v) is 5.38. The molecular weight excluding hydrogens is 451 g/mol. The lowest BCUT2D eigenvalue weighted by molar-refractivity contribution is -0.141. The van der Waals surface area contributed by atoms with Crippen molar-refractivity contribution >= 4 is 5.97 Å². The molecule has 0 fully saturated rings. The first kappa shape index (κ1) is 23.6. The van der Waals surface area contributed by atoms with E-state index >= 15 is 0 Å². The normalized spacial score (nSPS) is 15.3. The van der Waals surface area contributed by atoms with Crippen LogP contribution in [-0.4, -0.2) is 18.7 Å². The third kappa shape index (κ3) is 5.04. The second-order valence-electron chi connectivity index (χ2n) is 7.74. The van der Waals surface area contributed by atoms with E-state index in [4.69, 9.17) is 24.7 Å². The van der Waals surface area contributed by atoms with E-state index in [-0.39, 0.29) is 23.0 Å². The SMILES string of the molecule is CCOc1cccc(C2C(C#N)=C(N)Oc3cc(OC(=O)C(C)Oc4ccccc4F)ccc32)c1. The van der Waals surface area contributed by atoms with Gasteiger partial charge in [-0.2, -0.15) is 5.26 Å². The Morgan fingerprint density at radius 3 is 2.69 bits per heavy atom. The van der Waals surface area contributed by atoms with Crippen molar-refractivity contribution in [1.29, 1.82) is 5.26 Å². The van der Waals surface area contributed by atoms with Crippen LogP contribution in [0.2, 0.25) is 0 Å². The van der Waals surface area contributed by atoms with Gasteiger partial charge in [0, 0.05) is 11.6 Å². The number of esters is 1. The molecule has 8 heteroatoms. The Morgan fingerprint density at radius 1 is 1.14 bits per heavy atom. The van der Waals surface area contributed by atoms with E-state index in [9.17, 15) is 14.4 Å². The highest BCUT2D eigenvalue weighted by molar-refractivity contribution is 5.77. The summed E-state index contributed by atoms with van der Waals surface area (Å²) in [7, 11) is 0. The highest BCUT2D eigenvalue weighted by atomic mass is 19.1. The lowest BCUT2D eigenvalue weighted by Gasteiger charge is -2.27. The van der Waals surface area contributed by atoms with E-state index in [0.29, 0.717) is 23.7 Å². The van der Waals surface area contributed by atoms with Gasteiger partial charge in [-0.3, -0.25) is 0 Å². The van der Waals surface area contributed by atoms with Gasteiger partial charge in [0.25, 0.3) is 0 Å².